The summed E-state index contributed by atoms with van der Waals surface area (Å²) in [6.45, 7) is 2.87. The van der Waals surface area contributed by atoms with Crippen LogP contribution in [0.1, 0.15) is 32.1 Å². The molecule has 1 N–H and O–H groups in total. The van der Waals surface area contributed by atoms with E-state index >= 15 is 0 Å². The minimum absolute atomic E-state index is 0.262. The van der Waals surface area contributed by atoms with Gasteiger partial charge in [0.1, 0.15) is 0 Å². The Kier molecular flexibility index (Phi) is 2.94. The van der Waals surface area contributed by atoms with Crippen LogP contribution in [-0.2, 0) is 9.47 Å². The van der Waals surface area contributed by atoms with Gasteiger partial charge in [-0.05, 0) is 38.0 Å². The zero-order valence-electron chi connectivity index (χ0n) is 10.2. The number of methoxy groups -OCH3 is 1. The lowest BCUT2D eigenvalue weighted by molar-refractivity contribution is -0.0119. The average molecular weight is 225 g/mol. The van der Waals surface area contributed by atoms with Gasteiger partial charge in [-0.25, -0.2) is 0 Å². The summed E-state index contributed by atoms with van der Waals surface area (Å²) in [5, 5.41) is 3.68. The zero-order valence-corrected chi connectivity index (χ0v) is 10.2. The van der Waals surface area contributed by atoms with E-state index < -0.39 is 0 Å². The van der Waals surface area contributed by atoms with Gasteiger partial charge in [-0.1, -0.05) is 0 Å². The van der Waals surface area contributed by atoms with Gasteiger partial charge in [0.25, 0.3) is 0 Å². The third kappa shape index (κ3) is 2.13. The van der Waals surface area contributed by atoms with Crippen LogP contribution in [0.4, 0.5) is 0 Å². The maximum Gasteiger partial charge on any atom is 0.0694 e. The van der Waals surface area contributed by atoms with E-state index in [1.165, 1.54) is 32.1 Å². The zero-order chi connectivity index (χ0) is 11.0. The van der Waals surface area contributed by atoms with Crippen molar-refractivity contribution in [3.05, 3.63) is 0 Å². The molecule has 0 bridgehead atoms. The van der Waals surface area contributed by atoms with Crippen molar-refractivity contribution in [3.8, 4) is 0 Å². The lowest BCUT2D eigenvalue weighted by atomic mass is 9.79. The Bertz CT molecular complexity index is 250. The molecule has 1 saturated heterocycles. The second kappa shape index (κ2) is 4.28. The highest BCUT2D eigenvalue weighted by Crippen LogP contribution is 2.48. The van der Waals surface area contributed by atoms with Crippen LogP contribution in [0.2, 0.25) is 0 Å². The van der Waals surface area contributed by atoms with E-state index in [0.717, 1.165) is 31.7 Å². The monoisotopic (exact) mass is 225 g/mol. The van der Waals surface area contributed by atoms with E-state index in [0.29, 0.717) is 6.10 Å². The van der Waals surface area contributed by atoms with E-state index in [1.54, 1.807) is 0 Å². The summed E-state index contributed by atoms with van der Waals surface area (Å²) in [6, 6.07) is 0.786. The molecule has 0 aromatic rings. The molecule has 3 aliphatic rings. The highest BCUT2D eigenvalue weighted by Gasteiger charge is 2.51. The molecule has 0 radical (unpaired) electrons. The summed E-state index contributed by atoms with van der Waals surface area (Å²) in [7, 11) is 1.82. The van der Waals surface area contributed by atoms with Gasteiger partial charge in [-0.2, -0.15) is 0 Å². The lowest BCUT2D eigenvalue weighted by Crippen LogP contribution is -2.45. The van der Waals surface area contributed by atoms with Crippen LogP contribution in [0.25, 0.3) is 0 Å². The second-order valence-electron chi connectivity index (χ2n) is 5.83. The third-order valence-corrected chi connectivity index (χ3v) is 4.30. The first-order chi connectivity index (χ1) is 7.84. The number of hydrogen-bond donors (Lipinski definition) is 1. The van der Waals surface area contributed by atoms with Crippen LogP contribution in [0.15, 0.2) is 0 Å². The van der Waals surface area contributed by atoms with Gasteiger partial charge < -0.3 is 14.8 Å². The Balaban J connectivity index is 1.65. The first-order valence-corrected chi connectivity index (χ1v) is 6.68. The molecule has 2 unspecified atom stereocenters. The fourth-order valence-electron chi connectivity index (χ4n) is 3.06. The van der Waals surface area contributed by atoms with Gasteiger partial charge in [-0.15, -0.1) is 0 Å². The maximum absolute atomic E-state index is 5.98. The summed E-state index contributed by atoms with van der Waals surface area (Å²) >= 11 is 0. The molecular weight excluding hydrogens is 202 g/mol. The van der Waals surface area contributed by atoms with Crippen molar-refractivity contribution in [2.24, 2.45) is 11.3 Å². The molecule has 3 fully saturated rings. The fraction of sp³-hybridized carbons (Fsp3) is 1.00. The minimum atomic E-state index is 0.262. The molecule has 3 nitrogen and oxygen atoms in total. The van der Waals surface area contributed by atoms with Gasteiger partial charge in [0, 0.05) is 31.7 Å². The first-order valence-electron chi connectivity index (χ1n) is 6.68. The largest absolute Gasteiger partial charge is 0.384 e. The predicted molar refractivity (Wildman–Crippen MR) is 62.4 cm³/mol. The Hall–Kier alpha value is -0.120. The highest BCUT2D eigenvalue weighted by atomic mass is 16.5. The first kappa shape index (κ1) is 11.0. The van der Waals surface area contributed by atoms with Crippen LogP contribution in [0.3, 0.4) is 0 Å². The summed E-state index contributed by atoms with van der Waals surface area (Å²) in [4.78, 5) is 0. The summed E-state index contributed by atoms with van der Waals surface area (Å²) < 4.78 is 11.4. The highest BCUT2D eigenvalue weighted by molar-refractivity contribution is 5.01. The van der Waals surface area contributed by atoms with Gasteiger partial charge in [0.2, 0.25) is 0 Å². The number of rotatable bonds is 6. The van der Waals surface area contributed by atoms with Crippen LogP contribution in [0.5, 0.6) is 0 Å². The molecule has 16 heavy (non-hydrogen) atoms. The number of nitrogens with one attached hydrogen (secondary N) is 1. The molecule has 1 aliphatic heterocycles. The van der Waals surface area contributed by atoms with E-state index in [9.17, 15) is 0 Å². The standard InChI is InChI=1S/C13H23NO2/c1-15-9-13(8-14-11-4-5-11)6-7-16-12(13)10-2-3-10/h10-12,14H,2-9H2,1H3. The van der Waals surface area contributed by atoms with Crippen molar-refractivity contribution in [1.82, 2.24) is 5.32 Å². The Morgan fingerprint density at radius 2 is 2.12 bits per heavy atom. The predicted octanol–water partition coefficient (Wildman–Crippen LogP) is 1.57. The molecular formula is C13H23NO2. The molecule has 2 atom stereocenters. The number of ether oxygens (including phenoxy) is 2. The topological polar surface area (TPSA) is 30.5 Å². The SMILES string of the molecule is COCC1(CNC2CC2)CCOC1C1CC1. The normalized spacial score (nSPS) is 39.2. The molecule has 0 spiro atoms. The van der Waals surface area contributed by atoms with Gasteiger partial charge >= 0.3 is 0 Å². The Morgan fingerprint density at radius 1 is 1.31 bits per heavy atom. The van der Waals surface area contributed by atoms with Crippen molar-refractivity contribution in [2.45, 2.75) is 44.2 Å². The molecule has 0 aromatic carbocycles. The molecule has 3 rings (SSSR count). The molecule has 0 amide bonds. The van der Waals surface area contributed by atoms with E-state index in [4.69, 9.17) is 9.47 Å². The average Bonchev–Trinajstić information content (AvgIpc) is 3.18. The van der Waals surface area contributed by atoms with Crippen molar-refractivity contribution in [3.63, 3.8) is 0 Å². The molecule has 3 heteroatoms. The second-order valence-corrected chi connectivity index (χ2v) is 5.83. The van der Waals surface area contributed by atoms with Crippen molar-refractivity contribution in [1.29, 1.82) is 0 Å². The van der Waals surface area contributed by atoms with Gasteiger partial charge in [0.15, 0.2) is 0 Å². The van der Waals surface area contributed by atoms with E-state index in [-0.39, 0.29) is 5.41 Å². The summed E-state index contributed by atoms with van der Waals surface area (Å²) in [5.41, 5.74) is 0.262. The maximum atomic E-state index is 5.98. The van der Waals surface area contributed by atoms with Crippen molar-refractivity contribution < 1.29 is 9.47 Å². The van der Waals surface area contributed by atoms with Crippen LogP contribution in [0, 0.1) is 11.3 Å². The van der Waals surface area contributed by atoms with E-state index in [2.05, 4.69) is 5.32 Å². The Morgan fingerprint density at radius 3 is 2.75 bits per heavy atom. The van der Waals surface area contributed by atoms with Gasteiger partial charge in [0.05, 0.1) is 12.7 Å². The molecule has 1 heterocycles. The molecule has 2 saturated carbocycles. The lowest BCUT2D eigenvalue weighted by Gasteiger charge is -2.34. The Labute approximate surface area is 97.9 Å². The van der Waals surface area contributed by atoms with Crippen molar-refractivity contribution in [2.75, 3.05) is 26.9 Å². The van der Waals surface area contributed by atoms with Crippen LogP contribution in [-0.4, -0.2) is 39.0 Å². The third-order valence-electron chi connectivity index (χ3n) is 4.30. The summed E-state index contributed by atoms with van der Waals surface area (Å²) in [5.74, 6) is 0.818. The number of hydrogen-bond acceptors (Lipinski definition) is 3. The van der Waals surface area contributed by atoms with Gasteiger partial charge in [-0.3, -0.25) is 0 Å². The summed E-state index contributed by atoms with van der Waals surface area (Å²) in [6.07, 6.45) is 7.07. The van der Waals surface area contributed by atoms with E-state index in [1.807, 2.05) is 7.11 Å². The quantitative estimate of drug-likeness (QED) is 0.744. The molecule has 92 valence electrons. The van der Waals surface area contributed by atoms with Crippen molar-refractivity contribution >= 4 is 0 Å². The molecule has 0 aromatic heterocycles. The van der Waals surface area contributed by atoms with Crippen LogP contribution < -0.4 is 5.32 Å². The fourth-order valence-corrected chi connectivity index (χ4v) is 3.06. The smallest absolute Gasteiger partial charge is 0.0694 e. The minimum Gasteiger partial charge on any atom is -0.384 e. The van der Waals surface area contributed by atoms with Crippen LogP contribution >= 0.6 is 0 Å². The molecule has 2 aliphatic carbocycles.